The van der Waals surface area contributed by atoms with Crippen LogP contribution in [0.4, 0.5) is 10.1 Å². The summed E-state index contributed by atoms with van der Waals surface area (Å²) in [6.45, 7) is 5.87. The minimum atomic E-state index is -3.52. The summed E-state index contributed by atoms with van der Waals surface area (Å²) in [7, 11) is -3.52. The Morgan fingerprint density at radius 1 is 1.12 bits per heavy atom. The molecule has 2 aromatic rings. The molecule has 26 heavy (non-hydrogen) atoms. The Hall–Kier alpha value is -2.41. The lowest BCUT2D eigenvalue weighted by atomic mass is 10.1. The van der Waals surface area contributed by atoms with Gasteiger partial charge in [-0.15, -0.1) is 0 Å². The second kappa shape index (κ2) is 7.86. The maximum absolute atomic E-state index is 13.2. The van der Waals surface area contributed by atoms with Crippen molar-refractivity contribution in [2.75, 3.05) is 23.7 Å². The highest BCUT2D eigenvalue weighted by atomic mass is 32.2. The van der Waals surface area contributed by atoms with Gasteiger partial charge in [-0.3, -0.25) is 9.10 Å². The third-order valence-corrected chi connectivity index (χ3v) is 5.14. The topological polar surface area (TPSA) is 66.5 Å². The second-order valence-electron chi connectivity index (χ2n) is 6.35. The van der Waals surface area contributed by atoms with E-state index < -0.39 is 21.7 Å². The second-order valence-corrected chi connectivity index (χ2v) is 8.26. The third kappa shape index (κ3) is 4.82. The molecule has 2 aromatic carbocycles. The molecule has 0 spiro atoms. The van der Waals surface area contributed by atoms with Crippen LogP contribution in [0.5, 0.6) is 0 Å². The van der Waals surface area contributed by atoms with E-state index in [9.17, 15) is 17.6 Å². The fourth-order valence-electron chi connectivity index (χ4n) is 3.01. The number of carbonyl (C=O) groups excluding carboxylic acids is 1. The molecule has 0 saturated carbocycles. The maximum Gasteiger partial charge on any atom is 0.251 e. The average molecular weight is 378 g/mol. The van der Waals surface area contributed by atoms with Crippen molar-refractivity contribution >= 4 is 21.6 Å². The quantitative estimate of drug-likeness (QED) is 0.840. The van der Waals surface area contributed by atoms with Gasteiger partial charge in [-0.2, -0.15) is 0 Å². The molecule has 0 heterocycles. The number of nitrogens with one attached hydrogen (secondary N) is 1. The standard InChI is InChI=1S/C19H23FN2O3S/c1-13-10-14(2)18(15(3)11-13)22(26(4,24)25)9-8-21-19(23)16-6-5-7-17(20)12-16/h5-7,10-12H,8-9H2,1-4H3,(H,21,23). The molecule has 0 bridgehead atoms. The fourth-order valence-corrected chi connectivity index (χ4v) is 4.05. The summed E-state index contributed by atoms with van der Waals surface area (Å²) in [6, 6.07) is 9.19. The van der Waals surface area contributed by atoms with Crippen molar-refractivity contribution in [1.82, 2.24) is 5.32 Å². The summed E-state index contributed by atoms with van der Waals surface area (Å²) >= 11 is 0. The van der Waals surface area contributed by atoms with Crippen LogP contribution in [-0.4, -0.2) is 33.7 Å². The lowest BCUT2D eigenvalue weighted by Gasteiger charge is -2.26. The van der Waals surface area contributed by atoms with Crippen LogP contribution in [0.1, 0.15) is 27.0 Å². The van der Waals surface area contributed by atoms with E-state index in [4.69, 9.17) is 0 Å². The largest absolute Gasteiger partial charge is 0.350 e. The van der Waals surface area contributed by atoms with Gasteiger partial charge >= 0.3 is 0 Å². The normalized spacial score (nSPS) is 11.3. The van der Waals surface area contributed by atoms with Crippen LogP contribution in [0.2, 0.25) is 0 Å². The molecule has 0 radical (unpaired) electrons. The monoisotopic (exact) mass is 378 g/mol. The first-order valence-corrected chi connectivity index (χ1v) is 10.0. The zero-order valence-corrected chi connectivity index (χ0v) is 16.2. The van der Waals surface area contributed by atoms with Crippen LogP contribution in [0.3, 0.4) is 0 Å². The zero-order chi connectivity index (χ0) is 19.5. The Bertz CT molecular complexity index is 903. The highest BCUT2D eigenvalue weighted by Gasteiger charge is 2.21. The molecule has 1 amide bonds. The van der Waals surface area contributed by atoms with Gasteiger partial charge in [0.15, 0.2) is 0 Å². The molecular weight excluding hydrogens is 355 g/mol. The molecule has 1 N–H and O–H groups in total. The number of aryl methyl sites for hydroxylation is 3. The molecule has 0 fully saturated rings. The Morgan fingerprint density at radius 3 is 2.27 bits per heavy atom. The average Bonchev–Trinajstić information content (AvgIpc) is 2.51. The Balaban J connectivity index is 2.17. The van der Waals surface area contributed by atoms with Crippen molar-refractivity contribution in [2.45, 2.75) is 20.8 Å². The van der Waals surface area contributed by atoms with E-state index in [-0.39, 0.29) is 18.7 Å². The van der Waals surface area contributed by atoms with Gasteiger partial charge in [-0.25, -0.2) is 12.8 Å². The summed E-state index contributed by atoms with van der Waals surface area (Å²) in [5.41, 5.74) is 3.57. The van der Waals surface area contributed by atoms with Gasteiger partial charge in [0.25, 0.3) is 5.91 Å². The van der Waals surface area contributed by atoms with E-state index >= 15 is 0 Å². The molecule has 2 rings (SSSR count). The number of amides is 1. The van der Waals surface area contributed by atoms with Crippen molar-refractivity contribution in [3.05, 3.63) is 64.5 Å². The molecule has 0 aliphatic carbocycles. The highest BCUT2D eigenvalue weighted by Crippen LogP contribution is 2.27. The smallest absolute Gasteiger partial charge is 0.251 e. The van der Waals surface area contributed by atoms with Gasteiger partial charge in [0.1, 0.15) is 5.82 Å². The van der Waals surface area contributed by atoms with Crippen molar-refractivity contribution in [1.29, 1.82) is 0 Å². The van der Waals surface area contributed by atoms with Crippen molar-refractivity contribution in [3.8, 4) is 0 Å². The molecule has 0 aliphatic heterocycles. The van der Waals surface area contributed by atoms with Crippen LogP contribution in [0, 0.1) is 26.6 Å². The van der Waals surface area contributed by atoms with Crippen molar-refractivity contribution in [2.24, 2.45) is 0 Å². The van der Waals surface area contributed by atoms with Gasteiger partial charge < -0.3 is 5.32 Å². The number of hydrogen-bond donors (Lipinski definition) is 1. The molecule has 0 aromatic heterocycles. The predicted molar refractivity (Wildman–Crippen MR) is 102 cm³/mol. The minimum absolute atomic E-state index is 0.0879. The van der Waals surface area contributed by atoms with E-state index in [0.717, 1.165) is 29.0 Å². The van der Waals surface area contributed by atoms with Gasteiger partial charge in [-0.05, 0) is 50.1 Å². The first-order valence-electron chi connectivity index (χ1n) is 8.19. The van der Waals surface area contributed by atoms with Crippen LogP contribution in [0.15, 0.2) is 36.4 Å². The molecule has 5 nitrogen and oxygen atoms in total. The van der Waals surface area contributed by atoms with Gasteiger partial charge in [0, 0.05) is 12.1 Å². The number of halogens is 1. The predicted octanol–water partition coefficient (Wildman–Crippen LogP) is 2.95. The summed E-state index contributed by atoms with van der Waals surface area (Å²) in [4.78, 5) is 12.1. The number of rotatable bonds is 6. The summed E-state index contributed by atoms with van der Waals surface area (Å²) in [5, 5.41) is 2.64. The first-order chi connectivity index (χ1) is 12.1. The molecule has 0 unspecified atom stereocenters. The van der Waals surface area contributed by atoms with Gasteiger partial charge in [0.05, 0.1) is 18.5 Å². The summed E-state index contributed by atoms with van der Waals surface area (Å²) in [6.07, 6.45) is 1.14. The van der Waals surface area contributed by atoms with Gasteiger partial charge in [-0.1, -0.05) is 23.8 Å². The minimum Gasteiger partial charge on any atom is -0.350 e. The molecule has 0 saturated heterocycles. The number of sulfonamides is 1. The molecule has 7 heteroatoms. The van der Waals surface area contributed by atoms with Crippen LogP contribution >= 0.6 is 0 Å². The van der Waals surface area contributed by atoms with Crippen molar-refractivity contribution < 1.29 is 17.6 Å². The maximum atomic E-state index is 13.2. The Labute approximate surface area is 153 Å². The molecule has 0 aliphatic rings. The highest BCUT2D eigenvalue weighted by molar-refractivity contribution is 7.92. The number of nitrogens with zero attached hydrogens (tertiary/aromatic N) is 1. The lowest BCUT2D eigenvalue weighted by Crippen LogP contribution is -2.39. The first kappa shape index (κ1) is 19.9. The van der Waals surface area contributed by atoms with Crippen LogP contribution in [0.25, 0.3) is 0 Å². The molecule has 0 atom stereocenters. The third-order valence-electron chi connectivity index (χ3n) is 3.97. The number of benzene rings is 2. The zero-order valence-electron chi connectivity index (χ0n) is 15.3. The van der Waals surface area contributed by atoms with E-state index in [1.54, 1.807) is 0 Å². The van der Waals surface area contributed by atoms with Crippen molar-refractivity contribution in [3.63, 3.8) is 0 Å². The lowest BCUT2D eigenvalue weighted by molar-refractivity contribution is 0.0954. The number of carbonyl (C=O) groups is 1. The SMILES string of the molecule is Cc1cc(C)c(N(CCNC(=O)c2cccc(F)c2)S(C)(=O)=O)c(C)c1. The number of hydrogen-bond acceptors (Lipinski definition) is 3. The molecular formula is C19H23FN2O3S. The van der Waals surface area contributed by atoms with Gasteiger partial charge in [0.2, 0.25) is 10.0 Å². The Kier molecular flexibility index (Phi) is 6.02. The number of anilines is 1. The summed E-state index contributed by atoms with van der Waals surface area (Å²) in [5.74, 6) is -0.948. The summed E-state index contributed by atoms with van der Waals surface area (Å²) < 4.78 is 39.1. The van der Waals surface area contributed by atoms with E-state index in [2.05, 4.69) is 5.32 Å². The van der Waals surface area contributed by atoms with E-state index in [1.807, 2.05) is 32.9 Å². The van der Waals surface area contributed by atoms with Crippen LogP contribution < -0.4 is 9.62 Å². The van der Waals surface area contributed by atoms with Crippen LogP contribution in [-0.2, 0) is 10.0 Å². The van der Waals surface area contributed by atoms with E-state index in [0.29, 0.717) is 5.69 Å². The molecule has 140 valence electrons. The Morgan fingerprint density at radius 2 is 1.73 bits per heavy atom. The fraction of sp³-hybridized carbons (Fsp3) is 0.316. The van der Waals surface area contributed by atoms with E-state index in [1.165, 1.54) is 22.5 Å².